The SMILES string of the molecule is COc1ccc(C(=O)Oc2ccc(C=C(C#N)C(=O)Nc3cc(C)on3)cc2OC)cc1. The van der Waals surface area contributed by atoms with Crippen LogP contribution in [0.5, 0.6) is 17.2 Å². The Morgan fingerprint density at radius 3 is 2.41 bits per heavy atom. The number of hydrogen-bond acceptors (Lipinski definition) is 8. The highest BCUT2D eigenvalue weighted by Gasteiger charge is 2.15. The minimum atomic E-state index is -0.644. The fraction of sp³-hybridized carbons (Fsp3) is 0.130. The first-order valence-corrected chi connectivity index (χ1v) is 9.34. The van der Waals surface area contributed by atoms with Crippen LogP contribution in [0.2, 0.25) is 0 Å². The number of anilines is 1. The summed E-state index contributed by atoms with van der Waals surface area (Å²) in [6.45, 7) is 1.68. The van der Waals surface area contributed by atoms with Gasteiger partial charge in [-0.2, -0.15) is 5.26 Å². The minimum Gasteiger partial charge on any atom is -0.497 e. The number of aromatic nitrogens is 1. The van der Waals surface area contributed by atoms with Gasteiger partial charge in [-0.25, -0.2) is 4.79 Å². The van der Waals surface area contributed by atoms with E-state index in [9.17, 15) is 14.9 Å². The van der Waals surface area contributed by atoms with Crippen LogP contribution in [0.15, 0.2) is 58.6 Å². The highest BCUT2D eigenvalue weighted by atomic mass is 16.6. The van der Waals surface area contributed by atoms with E-state index in [1.54, 1.807) is 43.3 Å². The van der Waals surface area contributed by atoms with Crippen molar-refractivity contribution in [3.63, 3.8) is 0 Å². The highest BCUT2D eigenvalue weighted by Crippen LogP contribution is 2.30. The predicted octanol–water partition coefficient (Wildman–Crippen LogP) is 3.77. The van der Waals surface area contributed by atoms with Crippen molar-refractivity contribution in [2.45, 2.75) is 6.92 Å². The van der Waals surface area contributed by atoms with E-state index in [4.69, 9.17) is 18.7 Å². The number of amides is 1. The molecule has 0 spiro atoms. The largest absolute Gasteiger partial charge is 0.497 e. The summed E-state index contributed by atoms with van der Waals surface area (Å²) < 4.78 is 20.7. The molecule has 2 aromatic carbocycles. The maximum Gasteiger partial charge on any atom is 0.343 e. The summed E-state index contributed by atoms with van der Waals surface area (Å²) in [4.78, 5) is 24.7. The Balaban J connectivity index is 1.77. The zero-order chi connectivity index (χ0) is 23.1. The molecule has 32 heavy (non-hydrogen) atoms. The Labute approximate surface area is 183 Å². The summed E-state index contributed by atoms with van der Waals surface area (Å²) in [5, 5.41) is 15.5. The number of rotatable bonds is 7. The summed E-state index contributed by atoms with van der Waals surface area (Å²) >= 11 is 0. The van der Waals surface area contributed by atoms with E-state index in [1.807, 2.05) is 6.07 Å². The van der Waals surface area contributed by atoms with Crippen molar-refractivity contribution >= 4 is 23.8 Å². The van der Waals surface area contributed by atoms with Crippen LogP contribution in [0, 0.1) is 18.3 Å². The molecule has 3 rings (SSSR count). The van der Waals surface area contributed by atoms with Crippen LogP contribution in [-0.2, 0) is 4.79 Å². The van der Waals surface area contributed by atoms with Gasteiger partial charge in [-0.05, 0) is 55.0 Å². The summed E-state index contributed by atoms with van der Waals surface area (Å²) in [6, 6.07) is 14.5. The maximum absolute atomic E-state index is 12.4. The van der Waals surface area contributed by atoms with E-state index in [0.29, 0.717) is 22.6 Å². The van der Waals surface area contributed by atoms with E-state index in [-0.39, 0.29) is 22.9 Å². The first kappa shape index (κ1) is 22.1. The maximum atomic E-state index is 12.4. The molecule has 0 atom stereocenters. The van der Waals surface area contributed by atoms with Crippen molar-refractivity contribution in [1.82, 2.24) is 5.16 Å². The summed E-state index contributed by atoms with van der Waals surface area (Å²) in [5.74, 6) is 0.562. The number of benzene rings is 2. The quantitative estimate of drug-likeness (QED) is 0.258. The third-order valence-corrected chi connectivity index (χ3v) is 4.26. The van der Waals surface area contributed by atoms with Gasteiger partial charge in [-0.3, -0.25) is 4.79 Å². The van der Waals surface area contributed by atoms with Crippen molar-refractivity contribution in [2.75, 3.05) is 19.5 Å². The predicted molar refractivity (Wildman–Crippen MR) is 114 cm³/mol. The topological polar surface area (TPSA) is 124 Å². The van der Waals surface area contributed by atoms with Gasteiger partial charge in [0, 0.05) is 6.07 Å². The van der Waals surface area contributed by atoms with Gasteiger partial charge in [0.25, 0.3) is 5.91 Å². The lowest BCUT2D eigenvalue weighted by molar-refractivity contribution is -0.112. The minimum absolute atomic E-state index is 0.157. The van der Waals surface area contributed by atoms with E-state index < -0.39 is 11.9 Å². The second-order valence-corrected chi connectivity index (χ2v) is 6.48. The number of esters is 1. The molecule has 1 N–H and O–H groups in total. The van der Waals surface area contributed by atoms with Gasteiger partial charge in [-0.1, -0.05) is 11.2 Å². The lowest BCUT2D eigenvalue weighted by Gasteiger charge is -2.10. The molecule has 0 radical (unpaired) electrons. The fourth-order valence-corrected chi connectivity index (χ4v) is 2.67. The fourth-order valence-electron chi connectivity index (χ4n) is 2.67. The number of aryl methyl sites for hydroxylation is 1. The van der Waals surface area contributed by atoms with Gasteiger partial charge in [0.1, 0.15) is 23.2 Å². The second kappa shape index (κ2) is 9.95. The zero-order valence-electron chi connectivity index (χ0n) is 17.5. The van der Waals surface area contributed by atoms with Gasteiger partial charge < -0.3 is 24.1 Å². The van der Waals surface area contributed by atoms with Crippen molar-refractivity contribution in [2.24, 2.45) is 0 Å². The molecular formula is C23H19N3O6. The van der Waals surface area contributed by atoms with Gasteiger partial charge in [0.2, 0.25) is 0 Å². The highest BCUT2D eigenvalue weighted by molar-refractivity contribution is 6.09. The van der Waals surface area contributed by atoms with Crippen molar-refractivity contribution < 1.29 is 28.3 Å². The molecule has 0 fully saturated rings. The molecule has 0 aliphatic carbocycles. The average Bonchev–Trinajstić information content (AvgIpc) is 3.22. The molecule has 1 heterocycles. The number of nitriles is 1. The molecular weight excluding hydrogens is 414 g/mol. The first-order valence-electron chi connectivity index (χ1n) is 9.34. The summed E-state index contributed by atoms with van der Waals surface area (Å²) in [6.07, 6.45) is 1.37. The van der Waals surface area contributed by atoms with Gasteiger partial charge in [0.15, 0.2) is 17.3 Å². The lowest BCUT2D eigenvalue weighted by Crippen LogP contribution is -2.13. The normalized spacial score (nSPS) is 10.8. The van der Waals surface area contributed by atoms with Gasteiger partial charge in [-0.15, -0.1) is 0 Å². The van der Waals surface area contributed by atoms with Crippen LogP contribution in [0.1, 0.15) is 21.7 Å². The van der Waals surface area contributed by atoms with Crippen LogP contribution in [0.3, 0.4) is 0 Å². The van der Waals surface area contributed by atoms with Crippen LogP contribution in [0.25, 0.3) is 6.08 Å². The Bertz CT molecular complexity index is 1210. The standard InChI is InChI=1S/C23H19N3O6/c1-14-10-21(26-32-14)25-22(27)17(13-24)11-15-4-9-19(20(12-15)30-3)31-23(28)16-5-7-18(29-2)8-6-16/h4-12H,1-3H3,(H,25,26,27). The molecule has 0 saturated carbocycles. The molecule has 162 valence electrons. The summed E-state index contributed by atoms with van der Waals surface area (Å²) in [5.41, 5.74) is 0.674. The molecule has 9 heteroatoms. The summed E-state index contributed by atoms with van der Waals surface area (Å²) in [7, 11) is 2.95. The number of methoxy groups -OCH3 is 2. The second-order valence-electron chi connectivity index (χ2n) is 6.48. The molecule has 0 bridgehead atoms. The Morgan fingerprint density at radius 1 is 1.06 bits per heavy atom. The smallest absolute Gasteiger partial charge is 0.343 e. The van der Waals surface area contributed by atoms with E-state index in [1.165, 1.54) is 32.4 Å². The van der Waals surface area contributed by atoms with Crippen LogP contribution in [0.4, 0.5) is 5.82 Å². The van der Waals surface area contributed by atoms with Crippen LogP contribution >= 0.6 is 0 Å². The van der Waals surface area contributed by atoms with Crippen LogP contribution < -0.4 is 19.5 Å². The van der Waals surface area contributed by atoms with E-state index in [0.717, 1.165) is 0 Å². The number of hydrogen-bond donors (Lipinski definition) is 1. The Kier molecular flexibility index (Phi) is 6.88. The third kappa shape index (κ3) is 5.31. The molecule has 0 saturated heterocycles. The molecule has 1 amide bonds. The molecule has 0 aliphatic rings. The molecule has 3 aromatic rings. The number of nitrogens with zero attached hydrogens (tertiary/aromatic N) is 2. The van der Waals surface area contributed by atoms with E-state index >= 15 is 0 Å². The van der Waals surface area contributed by atoms with Crippen molar-refractivity contribution in [3.05, 3.63) is 71.0 Å². The molecule has 9 nitrogen and oxygen atoms in total. The molecule has 1 aromatic heterocycles. The van der Waals surface area contributed by atoms with Crippen LogP contribution in [-0.4, -0.2) is 31.3 Å². The zero-order valence-corrected chi connectivity index (χ0v) is 17.5. The monoisotopic (exact) mass is 433 g/mol. The number of nitrogens with one attached hydrogen (secondary N) is 1. The number of carbonyl (C=O) groups is 2. The van der Waals surface area contributed by atoms with Crippen molar-refractivity contribution in [3.8, 4) is 23.3 Å². The lowest BCUT2D eigenvalue weighted by atomic mass is 10.1. The average molecular weight is 433 g/mol. The van der Waals surface area contributed by atoms with Gasteiger partial charge >= 0.3 is 5.97 Å². The molecule has 0 aliphatic heterocycles. The van der Waals surface area contributed by atoms with Gasteiger partial charge in [0.05, 0.1) is 19.8 Å². The Morgan fingerprint density at radius 2 is 1.81 bits per heavy atom. The third-order valence-electron chi connectivity index (χ3n) is 4.26. The van der Waals surface area contributed by atoms with E-state index in [2.05, 4.69) is 10.5 Å². The molecule has 0 unspecified atom stereocenters. The first-order chi connectivity index (χ1) is 15.4. The number of ether oxygens (including phenoxy) is 3. The number of carbonyl (C=O) groups excluding carboxylic acids is 2. The Hall–Kier alpha value is -4.58. The van der Waals surface area contributed by atoms with Crippen molar-refractivity contribution in [1.29, 1.82) is 5.26 Å².